The standard InChI is InChI=1S/C13H13BrClNOS/c1-8(9-3-4-18-7-9)16-12-6-10(15)5-11(14)13(12)17-2/h3-8,16H,1-2H3. The van der Waals surface area contributed by atoms with Crippen molar-refractivity contribution in [2.24, 2.45) is 0 Å². The minimum atomic E-state index is 0.204. The van der Waals surface area contributed by atoms with Crippen molar-refractivity contribution < 1.29 is 4.74 Å². The first kappa shape index (κ1) is 13.7. The number of hydrogen-bond donors (Lipinski definition) is 1. The van der Waals surface area contributed by atoms with Gasteiger partial charge in [0, 0.05) is 11.1 Å². The molecule has 18 heavy (non-hydrogen) atoms. The normalized spacial score (nSPS) is 12.2. The second kappa shape index (κ2) is 5.95. The van der Waals surface area contributed by atoms with Crippen molar-refractivity contribution in [2.75, 3.05) is 12.4 Å². The molecular formula is C13H13BrClNOS. The van der Waals surface area contributed by atoms with Crippen molar-refractivity contribution in [3.8, 4) is 5.75 Å². The van der Waals surface area contributed by atoms with Crippen molar-refractivity contribution >= 4 is 44.6 Å². The van der Waals surface area contributed by atoms with Crippen LogP contribution in [0.15, 0.2) is 33.4 Å². The highest BCUT2D eigenvalue weighted by atomic mass is 79.9. The van der Waals surface area contributed by atoms with Crippen molar-refractivity contribution in [1.29, 1.82) is 0 Å². The Labute approximate surface area is 124 Å². The molecule has 2 rings (SSSR count). The SMILES string of the molecule is COc1c(Br)cc(Cl)cc1NC(C)c1ccsc1. The van der Waals surface area contributed by atoms with Crippen LogP contribution in [0.5, 0.6) is 5.75 Å². The first-order chi connectivity index (χ1) is 8.61. The van der Waals surface area contributed by atoms with Crippen molar-refractivity contribution in [2.45, 2.75) is 13.0 Å². The third-order valence-corrected chi connectivity index (χ3v) is 4.14. The molecule has 1 atom stereocenters. The Balaban J connectivity index is 2.28. The fourth-order valence-corrected chi connectivity index (χ4v) is 3.44. The maximum Gasteiger partial charge on any atom is 0.156 e. The first-order valence-corrected chi connectivity index (χ1v) is 7.55. The van der Waals surface area contributed by atoms with Crippen LogP contribution in [0, 0.1) is 0 Å². The van der Waals surface area contributed by atoms with E-state index in [9.17, 15) is 0 Å². The Morgan fingerprint density at radius 1 is 1.44 bits per heavy atom. The van der Waals surface area contributed by atoms with Gasteiger partial charge in [-0.3, -0.25) is 0 Å². The number of rotatable bonds is 4. The Morgan fingerprint density at radius 3 is 2.83 bits per heavy atom. The molecule has 0 aliphatic rings. The number of nitrogens with one attached hydrogen (secondary N) is 1. The molecule has 0 saturated carbocycles. The molecule has 1 aromatic carbocycles. The summed E-state index contributed by atoms with van der Waals surface area (Å²) in [5.74, 6) is 0.765. The van der Waals surface area contributed by atoms with Crippen molar-refractivity contribution in [3.63, 3.8) is 0 Å². The van der Waals surface area contributed by atoms with E-state index < -0.39 is 0 Å². The summed E-state index contributed by atoms with van der Waals surface area (Å²) >= 11 is 11.2. The van der Waals surface area contributed by atoms with Crippen LogP contribution in [0.4, 0.5) is 5.69 Å². The van der Waals surface area contributed by atoms with Crippen LogP contribution in [0.25, 0.3) is 0 Å². The van der Waals surface area contributed by atoms with Crippen LogP contribution in [-0.4, -0.2) is 7.11 Å². The lowest BCUT2D eigenvalue weighted by Crippen LogP contribution is -2.07. The molecule has 96 valence electrons. The molecular weight excluding hydrogens is 334 g/mol. The van der Waals surface area contributed by atoms with E-state index in [1.54, 1.807) is 18.4 Å². The number of thiophene rings is 1. The van der Waals surface area contributed by atoms with Crippen LogP contribution in [0.3, 0.4) is 0 Å². The predicted molar refractivity (Wildman–Crippen MR) is 82.1 cm³/mol. The molecule has 2 nitrogen and oxygen atoms in total. The lowest BCUT2D eigenvalue weighted by atomic mass is 10.1. The summed E-state index contributed by atoms with van der Waals surface area (Å²) in [5, 5.41) is 8.28. The summed E-state index contributed by atoms with van der Waals surface area (Å²) in [4.78, 5) is 0. The van der Waals surface area contributed by atoms with E-state index in [1.165, 1.54) is 5.56 Å². The summed E-state index contributed by atoms with van der Waals surface area (Å²) in [6.07, 6.45) is 0. The van der Waals surface area contributed by atoms with Gasteiger partial charge in [0.2, 0.25) is 0 Å². The summed E-state index contributed by atoms with van der Waals surface area (Å²) in [6, 6.07) is 6.00. The molecule has 0 saturated heterocycles. The lowest BCUT2D eigenvalue weighted by molar-refractivity contribution is 0.413. The average molecular weight is 347 g/mol. The summed E-state index contributed by atoms with van der Waals surface area (Å²) in [5.41, 5.74) is 2.13. The Morgan fingerprint density at radius 2 is 2.22 bits per heavy atom. The second-order valence-electron chi connectivity index (χ2n) is 3.89. The smallest absolute Gasteiger partial charge is 0.156 e. The lowest BCUT2D eigenvalue weighted by Gasteiger charge is -2.18. The molecule has 0 aliphatic carbocycles. The average Bonchev–Trinajstić information content (AvgIpc) is 2.81. The van der Waals surface area contributed by atoms with Gasteiger partial charge in [0.25, 0.3) is 0 Å². The molecule has 1 N–H and O–H groups in total. The summed E-state index contributed by atoms with van der Waals surface area (Å²) in [7, 11) is 1.65. The predicted octanol–water partition coefficient (Wildman–Crippen LogP) is 5.35. The van der Waals surface area contributed by atoms with E-state index in [2.05, 4.69) is 45.0 Å². The topological polar surface area (TPSA) is 21.3 Å². The molecule has 0 fully saturated rings. The zero-order chi connectivity index (χ0) is 13.1. The van der Waals surface area contributed by atoms with Crippen molar-refractivity contribution in [3.05, 3.63) is 44.0 Å². The Bertz CT molecular complexity index is 530. The fraction of sp³-hybridized carbons (Fsp3) is 0.231. The molecule has 0 bridgehead atoms. The van der Waals surface area contributed by atoms with Gasteiger partial charge >= 0.3 is 0 Å². The highest BCUT2D eigenvalue weighted by molar-refractivity contribution is 9.10. The molecule has 1 unspecified atom stereocenters. The molecule has 1 aromatic heterocycles. The van der Waals surface area contributed by atoms with Crippen LogP contribution in [-0.2, 0) is 0 Å². The van der Waals surface area contributed by atoms with Crippen LogP contribution in [0.1, 0.15) is 18.5 Å². The van der Waals surface area contributed by atoms with Gasteiger partial charge in [0.15, 0.2) is 5.75 Å². The number of benzene rings is 1. The van der Waals surface area contributed by atoms with Gasteiger partial charge < -0.3 is 10.1 Å². The molecule has 0 spiro atoms. The zero-order valence-corrected chi connectivity index (χ0v) is 13.2. The van der Waals surface area contributed by atoms with E-state index in [1.807, 2.05) is 12.1 Å². The maximum absolute atomic E-state index is 6.06. The molecule has 1 heterocycles. The van der Waals surface area contributed by atoms with Crippen molar-refractivity contribution in [1.82, 2.24) is 0 Å². The number of ether oxygens (including phenoxy) is 1. The summed E-state index contributed by atoms with van der Waals surface area (Å²) < 4.78 is 6.23. The highest BCUT2D eigenvalue weighted by Crippen LogP contribution is 2.38. The van der Waals surface area contributed by atoms with Crippen LogP contribution in [0.2, 0.25) is 5.02 Å². The van der Waals surface area contributed by atoms with Gasteiger partial charge in [-0.25, -0.2) is 0 Å². The van der Waals surface area contributed by atoms with E-state index in [0.29, 0.717) is 5.02 Å². The van der Waals surface area contributed by atoms with E-state index >= 15 is 0 Å². The van der Waals surface area contributed by atoms with E-state index in [0.717, 1.165) is 15.9 Å². The van der Waals surface area contributed by atoms with Gasteiger partial charge in [0.05, 0.1) is 17.3 Å². The Hall–Kier alpha value is -0.710. The minimum Gasteiger partial charge on any atom is -0.493 e. The number of anilines is 1. The largest absolute Gasteiger partial charge is 0.493 e. The molecule has 0 radical (unpaired) electrons. The minimum absolute atomic E-state index is 0.204. The van der Waals surface area contributed by atoms with E-state index in [4.69, 9.17) is 16.3 Å². The monoisotopic (exact) mass is 345 g/mol. The molecule has 0 amide bonds. The molecule has 5 heteroatoms. The number of halogens is 2. The maximum atomic E-state index is 6.06. The molecule has 0 aliphatic heterocycles. The third kappa shape index (κ3) is 2.99. The zero-order valence-electron chi connectivity index (χ0n) is 10.0. The molecule has 2 aromatic rings. The highest BCUT2D eigenvalue weighted by Gasteiger charge is 2.13. The van der Waals surface area contributed by atoms with Gasteiger partial charge in [-0.05, 0) is 57.4 Å². The van der Waals surface area contributed by atoms with E-state index in [-0.39, 0.29) is 6.04 Å². The fourth-order valence-electron chi connectivity index (χ4n) is 1.71. The third-order valence-electron chi connectivity index (χ3n) is 2.63. The summed E-state index contributed by atoms with van der Waals surface area (Å²) in [6.45, 7) is 2.11. The second-order valence-corrected chi connectivity index (χ2v) is 5.96. The Kier molecular flexibility index (Phi) is 4.54. The quantitative estimate of drug-likeness (QED) is 0.806. The van der Waals surface area contributed by atoms with Gasteiger partial charge in [-0.2, -0.15) is 11.3 Å². The number of methoxy groups -OCH3 is 1. The number of hydrogen-bond acceptors (Lipinski definition) is 3. The van der Waals surface area contributed by atoms with Gasteiger partial charge in [-0.1, -0.05) is 11.6 Å². The first-order valence-electron chi connectivity index (χ1n) is 5.43. The van der Waals surface area contributed by atoms with Crippen LogP contribution < -0.4 is 10.1 Å². The van der Waals surface area contributed by atoms with Gasteiger partial charge in [0.1, 0.15) is 0 Å². The van der Waals surface area contributed by atoms with Gasteiger partial charge in [-0.15, -0.1) is 0 Å². The van der Waals surface area contributed by atoms with Crippen LogP contribution >= 0.6 is 38.9 Å².